The summed E-state index contributed by atoms with van der Waals surface area (Å²) in [6.45, 7) is 1.56. The molecule has 2 aromatic heterocycles. The largest absolute Gasteiger partial charge is 0.457 e. The van der Waals surface area contributed by atoms with Gasteiger partial charge >= 0.3 is 5.97 Å². The summed E-state index contributed by atoms with van der Waals surface area (Å²) >= 11 is 0. The Hall–Kier alpha value is -2.39. The molecule has 0 aliphatic carbocycles. The van der Waals surface area contributed by atoms with Crippen molar-refractivity contribution in [3.63, 3.8) is 0 Å². The number of aromatic nitrogens is 2. The minimum Gasteiger partial charge on any atom is -0.457 e. The SMILES string of the molecule is O=C(COC1COC2C(NCc3ccccn3)COC12)OCc1ccccn1. The van der Waals surface area contributed by atoms with Crippen molar-refractivity contribution in [2.24, 2.45) is 0 Å². The number of carbonyl (C=O) groups excluding carboxylic acids is 1. The molecule has 0 bridgehead atoms. The first-order chi connectivity index (χ1) is 13.8. The van der Waals surface area contributed by atoms with Gasteiger partial charge in [0.1, 0.15) is 31.5 Å². The van der Waals surface area contributed by atoms with Gasteiger partial charge < -0.3 is 24.3 Å². The van der Waals surface area contributed by atoms with E-state index in [2.05, 4.69) is 15.3 Å². The number of nitrogens with zero attached hydrogens (tertiary/aromatic N) is 2. The maximum absolute atomic E-state index is 11.9. The fraction of sp³-hybridized carbons (Fsp3) is 0.450. The monoisotopic (exact) mass is 385 g/mol. The highest BCUT2D eigenvalue weighted by molar-refractivity contribution is 5.70. The number of carbonyl (C=O) groups is 1. The molecule has 2 saturated heterocycles. The molecule has 2 aliphatic rings. The number of fused-ring (bicyclic) bond motifs is 1. The van der Waals surface area contributed by atoms with E-state index < -0.39 is 5.97 Å². The number of hydrogen-bond acceptors (Lipinski definition) is 8. The molecule has 4 atom stereocenters. The van der Waals surface area contributed by atoms with Crippen LogP contribution in [0.1, 0.15) is 11.4 Å². The van der Waals surface area contributed by atoms with Crippen LogP contribution in [0.15, 0.2) is 48.8 Å². The van der Waals surface area contributed by atoms with Crippen LogP contribution in [0.5, 0.6) is 0 Å². The number of nitrogens with one attached hydrogen (secondary N) is 1. The highest BCUT2D eigenvalue weighted by atomic mass is 16.6. The summed E-state index contributed by atoms with van der Waals surface area (Å²) in [7, 11) is 0. The van der Waals surface area contributed by atoms with E-state index in [1.165, 1.54) is 0 Å². The molecule has 0 spiro atoms. The molecule has 0 aromatic carbocycles. The average molecular weight is 385 g/mol. The smallest absolute Gasteiger partial charge is 0.332 e. The van der Waals surface area contributed by atoms with Gasteiger partial charge in [-0.05, 0) is 24.3 Å². The lowest BCUT2D eigenvalue weighted by molar-refractivity contribution is -0.154. The molecule has 0 amide bonds. The topological polar surface area (TPSA) is 91.8 Å². The summed E-state index contributed by atoms with van der Waals surface area (Å²) in [6, 6.07) is 11.3. The highest BCUT2D eigenvalue weighted by Crippen LogP contribution is 2.29. The molecular weight excluding hydrogens is 362 g/mol. The lowest BCUT2D eigenvalue weighted by atomic mass is 10.1. The Kier molecular flexibility index (Phi) is 6.23. The Bertz CT molecular complexity index is 761. The number of pyridine rings is 2. The lowest BCUT2D eigenvalue weighted by Crippen LogP contribution is -2.41. The second-order valence-electron chi connectivity index (χ2n) is 6.74. The zero-order valence-corrected chi connectivity index (χ0v) is 15.4. The van der Waals surface area contributed by atoms with E-state index in [9.17, 15) is 4.79 Å². The minimum absolute atomic E-state index is 0.0664. The van der Waals surface area contributed by atoms with Gasteiger partial charge in [0.05, 0.1) is 30.6 Å². The Morgan fingerprint density at radius 1 is 1.04 bits per heavy atom. The molecule has 4 rings (SSSR count). The van der Waals surface area contributed by atoms with Crippen molar-refractivity contribution in [2.45, 2.75) is 37.5 Å². The van der Waals surface area contributed by atoms with E-state index in [0.29, 0.717) is 25.5 Å². The third kappa shape index (κ3) is 4.71. The molecule has 28 heavy (non-hydrogen) atoms. The second-order valence-corrected chi connectivity index (χ2v) is 6.74. The first-order valence-corrected chi connectivity index (χ1v) is 9.33. The van der Waals surface area contributed by atoms with Gasteiger partial charge in [-0.3, -0.25) is 9.97 Å². The van der Waals surface area contributed by atoms with Gasteiger partial charge in [0.15, 0.2) is 0 Å². The number of hydrogen-bond donors (Lipinski definition) is 1. The molecular formula is C20H23N3O5. The van der Waals surface area contributed by atoms with Gasteiger partial charge in [0, 0.05) is 18.9 Å². The summed E-state index contributed by atoms with van der Waals surface area (Å²) in [5.74, 6) is -0.433. The summed E-state index contributed by atoms with van der Waals surface area (Å²) in [6.07, 6.45) is 2.86. The van der Waals surface area contributed by atoms with Crippen molar-refractivity contribution in [3.05, 3.63) is 60.2 Å². The van der Waals surface area contributed by atoms with Gasteiger partial charge in [0.25, 0.3) is 0 Å². The molecule has 4 heterocycles. The van der Waals surface area contributed by atoms with Gasteiger partial charge in [0.2, 0.25) is 0 Å². The fourth-order valence-electron chi connectivity index (χ4n) is 3.38. The third-order valence-corrected chi connectivity index (χ3v) is 4.80. The predicted molar refractivity (Wildman–Crippen MR) is 98.1 cm³/mol. The van der Waals surface area contributed by atoms with E-state index in [1.807, 2.05) is 30.3 Å². The van der Waals surface area contributed by atoms with Crippen LogP contribution in [0.25, 0.3) is 0 Å². The van der Waals surface area contributed by atoms with Crippen LogP contribution < -0.4 is 5.32 Å². The van der Waals surface area contributed by atoms with Crippen LogP contribution in [0.2, 0.25) is 0 Å². The molecule has 148 valence electrons. The van der Waals surface area contributed by atoms with Crippen LogP contribution in [-0.4, -0.2) is 60.1 Å². The Morgan fingerprint density at radius 2 is 1.79 bits per heavy atom. The molecule has 2 fully saturated rings. The first kappa shape index (κ1) is 18.9. The van der Waals surface area contributed by atoms with Crippen molar-refractivity contribution in [1.82, 2.24) is 15.3 Å². The maximum Gasteiger partial charge on any atom is 0.332 e. The predicted octanol–water partition coefficient (Wildman–Crippen LogP) is 0.861. The standard InChI is InChI=1S/C20H23N3O5/c24-18(26-10-15-6-2-4-8-22-15)13-25-17-12-28-19-16(11-27-20(17)19)23-9-14-5-1-3-7-21-14/h1-8,16-17,19-20,23H,9-13H2. The molecule has 1 N–H and O–H groups in total. The van der Waals surface area contributed by atoms with E-state index >= 15 is 0 Å². The van der Waals surface area contributed by atoms with Gasteiger partial charge in [-0.1, -0.05) is 12.1 Å². The third-order valence-electron chi connectivity index (χ3n) is 4.80. The van der Waals surface area contributed by atoms with E-state index in [-0.39, 0.29) is 37.6 Å². The average Bonchev–Trinajstić information content (AvgIpc) is 3.33. The molecule has 4 unspecified atom stereocenters. The highest BCUT2D eigenvalue weighted by Gasteiger charge is 2.48. The Balaban J connectivity index is 1.19. The minimum atomic E-state index is -0.433. The van der Waals surface area contributed by atoms with Crippen molar-refractivity contribution in [2.75, 3.05) is 19.8 Å². The molecule has 8 heteroatoms. The molecule has 0 saturated carbocycles. The lowest BCUT2D eigenvalue weighted by Gasteiger charge is -2.17. The molecule has 2 aromatic rings. The van der Waals surface area contributed by atoms with E-state index in [1.54, 1.807) is 18.5 Å². The summed E-state index contributed by atoms with van der Waals surface area (Å²) < 4.78 is 22.6. The summed E-state index contributed by atoms with van der Waals surface area (Å²) in [4.78, 5) is 20.3. The maximum atomic E-state index is 11.9. The van der Waals surface area contributed by atoms with E-state index in [0.717, 1.165) is 5.69 Å². The van der Waals surface area contributed by atoms with Gasteiger partial charge in [-0.15, -0.1) is 0 Å². The fourth-order valence-corrected chi connectivity index (χ4v) is 3.38. The quantitative estimate of drug-likeness (QED) is 0.669. The normalized spacial score (nSPS) is 26.1. The van der Waals surface area contributed by atoms with Crippen LogP contribution in [-0.2, 0) is 36.9 Å². The van der Waals surface area contributed by atoms with Crippen molar-refractivity contribution in [1.29, 1.82) is 0 Å². The van der Waals surface area contributed by atoms with Gasteiger partial charge in [-0.25, -0.2) is 4.79 Å². The van der Waals surface area contributed by atoms with Crippen LogP contribution >= 0.6 is 0 Å². The number of rotatable bonds is 8. The number of esters is 1. The van der Waals surface area contributed by atoms with Gasteiger partial charge in [-0.2, -0.15) is 0 Å². The van der Waals surface area contributed by atoms with Crippen molar-refractivity contribution in [3.8, 4) is 0 Å². The van der Waals surface area contributed by atoms with E-state index in [4.69, 9.17) is 18.9 Å². The first-order valence-electron chi connectivity index (χ1n) is 9.33. The van der Waals surface area contributed by atoms with Crippen LogP contribution in [0.4, 0.5) is 0 Å². The van der Waals surface area contributed by atoms with Crippen LogP contribution in [0, 0.1) is 0 Å². The zero-order chi connectivity index (χ0) is 19.2. The zero-order valence-electron chi connectivity index (χ0n) is 15.4. The summed E-state index contributed by atoms with van der Waals surface area (Å²) in [5, 5.41) is 3.43. The molecule has 8 nitrogen and oxygen atoms in total. The second kappa shape index (κ2) is 9.20. The van der Waals surface area contributed by atoms with Crippen LogP contribution in [0.3, 0.4) is 0 Å². The Morgan fingerprint density at radius 3 is 2.54 bits per heavy atom. The molecule has 0 radical (unpaired) electrons. The van der Waals surface area contributed by atoms with Crippen molar-refractivity contribution < 1.29 is 23.7 Å². The Labute approximate surface area is 163 Å². The summed E-state index contributed by atoms with van der Waals surface area (Å²) in [5.41, 5.74) is 1.66. The van der Waals surface area contributed by atoms with Crippen molar-refractivity contribution >= 4 is 5.97 Å². The number of ether oxygens (including phenoxy) is 4. The molecule has 2 aliphatic heterocycles.